The van der Waals surface area contributed by atoms with Gasteiger partial charge in [0.2, 0.25) is 0 Å². The molecule has 114 valence electrons. The Balaban J connectivity index is 2.45. The third-order valence-electron chi connectivity index (χ3n) is 3.93. The third-order valence-corrected chi connectivity index (χ3v) is 3.93. The lowest BCUT2D eigenvalue weighted by Gasteiger charge is -2.32. The summed E-state index contributed by atoms with van der Waals surface area (Å²) >= 11 is 0. The molecular weight excluding hydrogens is 258 g/mol. The number of rotatable bonds is 6. The molecule has 0 aliphatic heterocycles. The number of aromatic nitrogens is 2. The van der Waals surface area contributed by atoms with Gasteiger partial charge in [-0.1, -0.05) is 51.1 Å². The first-order chi connectivity index (χ1) is 10.0. The molecule has 0 amide bonds. The van der Waals surface area contributed by atoms with E-state index in [0.717, 1.165) is 12.2 Å². The summed E-state index contributed by atoms with van der Waals surface area (Å²) in [5.74, 6) is 0.493. The SMILES string of the molecule is CCNC(c1ccccc1)C(C(C)C)n1nc(C)cc1C. The van der Waals surface area contributed by atoms with Crippen LogP contribution in [0.1, 0.15) is 49.8 Å². The fraction of sp³-hybridized carbons (Fsp3) is 0.500. The summed E-state index contributed by atoms with van der Waals surface area (Å²) in [5, 5.41) is 8.39. The van der Waals surface area contributed by atoms with Gasteiger partial charge in [-0.2, -0.15) is 5.10 Å². The Morgan fingerprint density at radius 3 is 2.29 bits per heavy atom. The molecular formula is C18H27N3. The van der Waals surface area contributed by atoms with Gasteiger partial charge in [-0.25, -0.2) is 0 Å². The molecule has 1 N–H and O–H groups in total. The van der Waals surface area contributed by atoms with Crippen molar-refractivity contribution >= 4 is 0 Å². The van der Waals surface area contributed by atoms with Crippen molar-refractivity contribution in [2.75, 3.05) is 6.54 Å². The molecule has 0 spiro atoms. The van der Waals surface area contributed by atoms with E-state index in [9.17, 15) is 0 Å². The molecule has 1 heterocycles. The summed E-state index contributed by atoms with van der Waals surface area (Å²) in [7, 11) is 0. The predicted molar refractivity (Wildman–Crippen MR) is 88.4 cm³/mol. The van der Waals surface area contributed by atoms with E-state index in [4.69, 9.17) is 5.10 Å². The number of aryl methyl sites for hydroxylation is 2. The molecule has 1 aromatic heterocycles. The topological polar surface area (TPSA) is 29.9 Å². The first-order valence-corrected chi connectivity index (χ1v) is 7.85. The summed E-state index contributed by atoms with van der Waals surface area (Å²) in [6.07, 6.45) is 0. The zero-order chi connectivity index (χ0) is 15.4. The molecule has 2 atom stereocenters. The molecule has 0 saturated carbocycles. The van der Waals surface area contributed by atoms with Gasteiger partial charge in [0, 0.05) is 5.69 Å². The maximum absolute atomic E-state index is 4.74. The van der Waals surface area contributed by atoms with Crippen LogP contribution in [0, 0.1) is 19.8 Å². The van der Waals surface area contributed by atoms with E-state index in [2.05, 4.69) is 81.0 Å². The van der Waals surface area contributed by atoms with Crippen LogP contribution in [0.5, 0.6) is 0 Å². The minimum Gasteiger partial charge on any atom is -0.308 e. The van der Waals surface area contributed by atoms with Gasteiger partial charge in [0.05, 0.1) is 17.8 Å². The average Bonchev–Trinajstić information content (AvgIpc) is 2.78. The summed E-state index contributed by atoms with van der Waals surface area (Å²) in [6.45, 7) is 11.9. The van der Waals surface area contributed by atoms with Crippen LogP contribution in [0.25, 0.3) is 0 Å². The summed E-state index contributed by atoms with van der Waals surface area (Å²) in [5.41, 5.74) is 3.64. The zero-order valence-electron chi connectivity index (χ0n) is 13.8. The second-order valence-corrected chi connectivity index (χ2v) is 6.05. The van der Waals surface area contributed by atoms with Crippen LogP contribution in [0.3, 0.4) is 0 Å². The number of nitrogens with one attached hydrogen (secondary N) is 1. The van der Waals surface area contributed by atoms with Crippen molar-refractivity contribution < 1.29 is 0 Å². The quantitative estimate of drug-likeness (QED) is 0.868. The fourth-order valence-electron chi connectivity index (χ4n) is 3.07. The van der Waals surface area contributed by atoms with Crippen molar-refractivity contribution in [3.63, 3.8) is 0 Å². The lowest BCUT2D eigenvalue weighted by molar-refractivity contribution is 0.257. The van der Waals surface area contributed by atoms with E-state index in [1.807, 2.05) is 0 Å². The van der Waals surface area contributed by atoms with E-state index in [1.165, 1.54) is 11.3 Å². The van der Waals surface area contributed by atoms with Crippen molar-refractivity contribution in [3.05, 3.63) is 53.3 Å². The van der Waals surface area contributed by atoms with Crippen LogP contribution < -0.4 is 5.32 Å². The molecule has 2 rings (SSSR count). The first kappa shape index (κ1) is 15.8. The lowest BCUT2D eigenvalue weighted by Crippen LogP contribution is -2.34. The van der Waals surface area contributed by atoms with Crippen LogP contribution in [0.2, 0.25) is 0 Å². The number of hydrogen-bond acceptors (Lipinski definition) is 2. The van der Waals surface area contributed by atoms with Gasteiger partial charge < -0.3 is 5.32 Å². The molecule has 0 saturated heterocycles. The van der Waals surface area contributed by atoms with Crippen molar-refractivity contribution in [2.24, 2.45) is 5.92 Å². The molecule has 1 aromatic carbocycles. The van der Waals surface area contributed by atoms with Gasteiger partial charge in [0.15, 0.2) is 0 Å². The molecule has 3 nitrogen and oxygen atoms in total. The molecule has 0 aliphatic rings. The van der Waals surface area contributed by atoms with Crippen molar-refractivity contribution in [1.29, 1.82) is 0 Å². The maximum Gasteiger partial charge on any atom is 0.0739 e. The Morgan fingerprint density at radius 2 is 1.81 bits per heavy atom. The minimum atomic E-state index is 0.272. The Hall–Kier alpha value is -1.61. The highest BCUT2D eigenvalue weighted by molar-refractivity contribution is 5.21. The highest BCUT2D eigenvalue weighted by atomic mass is 15.3. The Labute approximate surface area is 128 Å². The highest BCUT2D eigenvalue weighted by Gasteiger charge is 2.28. The van der Waals surface area contributed by atoms with Crippen molar-refractivity contribution in [1.82, 2.24) is 15.1 Å². The largest absolute Gasteiger partial charge is 0.308 e. The Kier molecular flexibility index (Phi) is 5.18. The number of nitrogens with zero attached hydrogens (tertiary/aromatic N) is 2. The van der Waals surface area contributed by atoms with Crippen molar-refractivity contribution in [2.45, 2.75) is 46.7 Å². The molecule has 0 aliphatic carbocycles. The van der Waals surface area contributed by atoms with Gasteiger partial charge in [0.1, 0.15) is 0 Å². The van der Waals surface area contributed by atoms with Gasteiger partial charge in [-0.3, -0.25) is 4.68 Å². The normalized spacial score (nSPS) is 14.4. The maximum atomic E-state index is 4.74. The van der Waals surface area contributed by atoms with Crippen LogP contribution >= 0.6 is 0 Å². The summed E-state index contributed by atoms with van der Waals surface area (Å²) < 4.78 is 2.19. The van der Waals surface area contributed by atoms with E-state index < -0.39 is 0 Å². The van der Waals surface area contributed by atoms with E-state index in [0.29, 0.717) is 12.0 Å². The number of hydrogen-bond donors (Lipinski definition) is 1. The minimum absolute atomic E-state index is 0.272. The van der Waals surface area contributed by atoms with E-state index in [1.54, 1.807) is 0 Å². The second kappa shape index (κ2) is 6.90. The molecule has 0 fully saturated rings. The van der Waals surface area contributed by atoms with Crippen LogP contribution in [0.4, 0.5) is 0 Å². The number of benzene rings is 1. The highest BCUT2D eigenvalue weighted by Crippen LogP contribution is 2.33. The van der Waals surface area contributed by atoms with Crippen LogP contribution in [-0.2, 0) is 0 Å². The fourth-order valence-corrected chi connectivity index (χ4v) is 3.07. The molecule has 2 aromatic rings. The van der Waals surface area contributed by atoms with Gasteiger partial charge >= 0.3 is 0 Å². The average molecular weight is 285 g/mol. The summed E-state index contributed by atoms with van der Waals surface area (Å²) in [4.78, 5) is 0. The Bertz CT molecular complexity index is 557. The molecule has 0 bridgehead atoms. The zero-order valence-corrected chi connectivity index (χ0v) is 13.8. The third kappa shape index (κ3) is 3.53. The van der Waals surface area contributed by atoms with E-state index in [-0.39, 0.29) is 6.04 Å². The number of likely N-dealkylation sites (N-methyl/N-ethyl adjacent to an activating group) is 1. The van der Waals surface area contributed by atoms with Crippen LogP contribution in [-0.4, -0.2) is 16.3 Å². The van der Waals surface area contributed by atoms with Gasteiger partial charge in [-0.05, 0) is 37.9 Å². The summed E-state index contributed by atoms with van der Waals surface area (Å²) in [6, 6.07) is 13.4. The molecule has 21 heavy (non-hydrogen) atoms. The monoisotopic (exact) mass is 285 g/mol. The van der Waals surface area contributed by atoms with Crippen molar-refractivity contribution in [3.8, 4) is 0 Å². The van der Waals surface area contributed by atoms with Crippen LogP contribution in [0.15, 0.2) is 36.4 Å². The van der Waals surface area contributed by atoms with E-state index >= 15 is 0 Å². The van der Waals surface area contributed by atoms with Gasteiger partial charge in [0.25, 0.3) is 0 Å². The van der Waals surface area contributed by atoms with Gasteiger partial charge in [-0.15, -0.1) is 0 Å². The first-order valence-electron chi connectivity index (χ1n) is 7.85. The second-order valence-electron chi connectivity index (χ2n) is 6.05. The Morgan fingerprint density at radius 1 is 1.14 bits per heavy atom. The molecule has 3 heteroatoms. The molecule has 2 unspecified atom stereocenters. The predicted octanol–water partition coefficient (Wildman–Crippen LogP) is 4.05. The lowest BCUT2D eigenvalue weighted by atomic mass is 9.91. The standard InChI is InChI=1S/C18H27N3/c1-6-19-17(16-10-8-7-9-11-16)18(13(2)3)21-15(5)12-14(4)20-21/h7-13,17-19H,6H2,1-5H3. The molecule has 0 radical (unpaired) electrons. The smallest absolute Gasteiger partial charge is 0.0739 e.